The van der Waals surface area contributed by atoms with E-state index in [1.807, 2.05) is 12.1 Å². The monoisotopic (exact) mass is 306 g/mol. The Balaban J connectivity index is 1.72. The molecule has 0 bridgehead atoms. The summed E-state index contributed by atoms with van der Waals surface area (Å²) in [7, 11) is 1.66. The molecule has 1 heterocycles. The van der Waals surface area contributed by atoms with Crippen molar-refractivity contribution >= 4 is 6.03 Å². The number of benzene rings is 1. The first-order valence-corrected chi connectivity index (χ1v) is 7.89. The van der Waals surface area contributed by atoms with E-state index < -0.39 is 0 Å². The molecule has 1 aliphatic heterocycles. The van der Waals surface area contributed by atoms with Crippen molar-refractivity contribution in [3.8, 4) is 5.75 Å². The van der Waals surface area contributed by atoms with Gasteiger partial charge in [0.25, 0.3) is 0 Å². The molecule has 2 rings (SSSR count). The van der Waals surface area contributed by atoms with Crippen LogP contribution in [0.2, 0.25) is 0 Å². The highest BCUT2D eigenvalue weighted by Gasteiger charge is 2.25. The topological polar surface area (TPSA) is 61.8 Å². The number of urea groups is 1. The van der Waals surface area contributed by atoms with Gasteiger partial charge in [-0.2, -0.15) is 0 Å². The van der Waals surface area contributed by atoms with Crippen molar-refractivity contribution in [3.05, 3.63) is 29.8 Å². The van der Waals surface area contributed by atoms with Crippen LogP contribution in [0.1, 0.15) is 18.9 Å². The van der Waals surface area contributed by atoms with Crippen molar-refractivity contribution in [3.63, 3.8) is 0 Å². The van der Waals surface area contributed by atoms with Crippen LogP contribution < -0.4 is 10.1 Å². The van der Waals surface area contributed by atoms with E-state index in [0.717, 1.165) is 25.1 Å². The number of nitrogens with one attached hydrogen (secondary N) is 1. The minimum absolute atomic E-state index is 0.0162. The van der Waals surface area contributed by atoms with Crippen molar-refractivity contribution < 1.29 is 14.6 Å². The number of hydrogen-bond donors (Lipinski definition) is 2. The minimum atomic E-state index is -0.0162. The molecular weight excluding hydrogens is 280 g/mol. The lowest BCUT2D eigenvalue weighted by atomic mass is 10.0. The molecule has 1 aromatic rings. The molecular formula is C17H26N2O3. The molecule has 5 heteroatoms. The number of aliphatic hydroxyl groups excluding tert-OH is 1. The zero-order valence-corrected chi connectivity index (χ0v) is 13.4. The molecule has 1 aliphatic rings. The first-order chi connectivity index (χ1) is 10.6. The third-order valence-electron chi connectivity index (χ3n) is 4.18. The molecule has 2 atom stereocenters. The second-order valence-corrected chi connectivity index (χ2v) is 6.13. The smallest absolute Gasteiger partial charge is 0.317 e. The van der Waals surface area contributed by atoms with Gasteiger partial charge in [0.15, 0.2) is 0 Å². The zero-order valence-electron chi connectivity index (χ0n) is 13.4. The Morgan fingerprint density at radius 2 is 2.18 bits per heavy atom. The van der Waals surface area contributed by atoms with Crippen molar-refractivity contribution in [2.75, 3.05) is 33.4 Å². The molecule has 2 N–H and O–H groups in total. The van der Waals surface area contributed by atoms with Gasteiger partial charge in [-0.3, -0.25) is 0 Å². The van der Waals surface area contributed by atoms with Gasteiger partial charge >= 0.3 is 6.03 Å². The van der Waals surface area contributed by atoms with E-state index in [0.29, 0.717) is 19.0 Å². The predicted molar refractivity (Wildman–Crippen MR) is 86.0 cm³/mol. The van der Waals surface area contributed by atoms with Crippen LogP contribution in [-0.2, 0) is 6.42 Å². The molecule has 0 aliphatic carbocycles. The average Bonchev–Trinajstić information content (AvgIpc) is 3.02. The fourth-order valence-electron chi connectivity index (χ4n) is 2.78. The summed E-state index contributed by atoms with van der Waals surface area (Å²) in [6.07, 6.45) is 1.81. The van der Waals surface area contributed by atoms with E-state index >= 15 is 0 Å². The summed E-state index contributed by atoms with van der Waals surface area (Å²) in [6.45, 7) is 4.35. The van der Waals surface area contributed by atoms with Crippen molar-refractivity contribution in [2.45, 2.75) is 19.8 Å². The Kier molecular flexibility index (Phi) is 6.07. The second kappa shape index (κ2) is 8.03. The first kappa shape index (κ1) is 16.6. The SMILES string of the molecule is COc1ccc(CC(C)CNC(=O)N2CCC(CO)C2)cc1. The number of methoxy groups -OCH3 is 1. The van der Waals surface area contributed by atoms with Gasteiger partial charge in [0.1, 0.15) is 5.75 Å². The van der Waals surface area contributed by atoms with Crippen LogP contribution >= 0.6 is 0 Å². The highest BCUT2D eigenvalue weighted by Crippen LogP contribution is 2.16. The van der Waals surface area contributed by atoms with Gasteiger partial charge < -0.3 is 20.1 Å². The van der Waals surface area contributed by atoms with E-state index in [9.17, 15) is 4.79 Å². The van der Waals surface area contributed by atoms with Crippen molar-refractivity contribution in [1.29, 1.82) is 0 Å². The Hall–Kier alpha value is -1.75. The standard InChI is InChI=1S/C17H26N2O3/c1-13(9-14-3-5-16(22-2)6-4-14)10-18-17(21)19-8-7-15(11-19)12-20/h3-6,13,15,20H,7-12H2,1-2H3,(H,18,21). The summed E-state index contributed by atoms with van der Waals surface area (Å²) >= 11 is 0. The molecule has 0 saturated carbocycles. The lowest BCUT2D eigenvalue weighted by molar-refractivity contribution is 0.197. The van der Waals surface area contributed by atoms with Gasteiger partial charge in [-0.05, 0) is 36.5 Å². The Morgan fingerprint density at radius 3 is 2.77 bits per heavy atom. The van der Waals surface area contributed by atoms with Crippen molar-refractivity contribution in [2.24, 2.45) is 11.8 Å². The van der Waals surface area contributed by atoms with Crippen LogP contribution in [0.25, 0.3) is 0 Å². The van der Waals surface area contributed by atoms with Crippen molar-refractivity contribution in [1.82, 2.24) is 10.2 Å². The predicted octanol–water partition coefficient (Wildman–Crippen LogP) is 1.90. The second-order valence-electron chi connectivity index (χ2n) is 6.13. The van der Waals surface area contributed by atoms with Gasteiger partial charge in [-0.1, -0.05) is 19.1 Å². The highest BCUT2D eigenvalue weighted by molar-refractivity contribution is 5.74. The van der Waals surface area contributed by atoms with Crippen LogP contribution in [0.15, 0.2) is 24.3 Å². The van der Waals surface area contributed by atoms with E-state index in [2.05, 4.69) is 24.4 Å². The van der Waals surface area contributed by atoms with Crippen LogP contribution in [0.3, 0.4) is 0 Å². The van der Waals surface area contributed by atoms with E-state index in [1.165, 1.54) is 5.56 Å². The summed E-state index contributed by atoms with van der Waals surface area (Å²) < 4.78 is 5.15. The van der Waals surface area contributed by atoms with E-state index in [4.69, 9.17) is 9.84 Å². The Labute approximate surface area is 132 Å². The van der Waals surface area contributed by atoms with Gasteiger partial charge in [-0.25, -0.2) is 4.79 Å². The summed E-state index contributed by atoms with van der Waals surface area (Å²) in [5, 5.41) is 12.1. The van der Waals surface area contributed by atoms with E-state index in [-0.39, 0.29) is 18.6 Å². The highest BCUT2D eigenvalue weighted by atomic mass is 16.5. The lowest BCUT2D eigenvalue weighted by Gasteiger charge is -2.19. The quantitative estimate of drug-likeness (QED) is 0.844. The van der Waals surface area contributed by atoms with Gasteiger partial charge in [0.2, 0.25) is 0 Å². The summed E-state index contributed by atoms with van der Waals surface area (Å²) in [4.78, 5) is 13.9. The molecule has 2 amide bonds. The maximum atomic E-state index is 12.1. The molecule has 0 radical (unpaired) electrons. The summed E-state index contributed by atoms with van der Waals surface area (Å²) in [5.74, 6) is 1.47. The summed E-state index contributed by atoms with van der Waals surface area (Å²) in [6, 6.07) is 8.02. The summed E-state index contributed by atoms with van der Waals surface area (Å²) in [5.41, 5.74) is 1.24. The molecule has 22 heavy (non-hydrogen) atoms. The molecule has 1 fully saturated rings. The zero-order chi connectivity index (χ0) is 15.9. The number of amides is 2. The Morgan fingerprint density at radius 1 is 1.45 bits per heavy atom. The van der Waals surface area contributed by atoms with Crippen LogP contribution in [0, 0.1) is 11.8 Å². The number of carbonyl (C=O) groups excluding carboxylic acids is 1. The maximum absolute atomic E-state index is 12.1. The van der Waals surface area contributed by atoms with Gasteiger partial charge in [0.05, 0.1) is 7.11 Å². The van der Waals surface area contributed by atoms with Crippen LogP contribution in [0.5, 0.6) is 5.75 Å². The molecule has 2 unspecified atom stereocenters. The number of rotatable bonds is 6. The first-order valence-electron chi connectivity index (χ1n) is 7.89. The number of ether oxygens (including phenoxy) is 1. The molecule has 5 nitrogen and oxygen atoms in total. The fourth-order valence-corrected chi connectivity index (χ4v) is 2.78. The number of aliphatic hydroxyl groups is 1. The third-order valence-corrected chi connectivity index (χ3v) is 4.18. The van der Waals surface area contributed by atoms with E-state index in [1.54, 1.807) is 12.0 Å². The Bertz CT molecular complexity index is 475. The molecule has 1 saturated heterocycles. The normalized spacial score (nSPS) is 19.0. The molecule has 1 aromatic carbocycles. The number of likely N-dealkylation sites (tertiary alicyclic amines) is 1. The van der Waals surface area contributed by atoms with Crippen LogP contribution in [0.4, 0.5) is 4.79 Å². The molecule has 122 valence electrons. The van der Waals surface area contributed by atoms with Gasteiger partial charge in [-0.15, -0.1) is 0 Å². The fraction of sp³-hybridized carbons (Fsp3) is 0.588. The maximum Gasteiger partial charge on any atom is 0.317 e. The number of nitrogens with zero attached hydrogens (tertiary/aromatic N) is 1. The minimum Gasteiger partial charge on any atom is -0.497 e. The van der Waals surface area contributed by atoms with Gasteiger partial charge in [0, 0.05) is 32.2 Å². The lowest BCUT2D eigenvalue weighted by Crippen LogP contribution is -2.40. The number of carbonyl (C=O) groups is 1. The number of hydrogen-bond acceptors (Lipinski definition) is 3. The molecule has 0 aromatic heterocycles. The largest absolute Gasteiger partial charge is 0.497 e. The average molecular weight is 306 g/mol. The molecule has 0 spiro atoms. The van der Waals surface area contributed by atoms with Crippen LogP contribution in [-0.4, -0.2) is 49.4 Å². The third kappa shape index (κ3) is 4.63.